The number of hydrogen-bond donors (Lipinski definition) is 0. The summed E-state index contributed by atoms with van der Waals surface area (Å²) in [5, 5.41) is 1.000. The van der Waals surface area contributed by atoms with Crippen LogP contribution in [-0.4, -0.2) is 10.3 Å². The van der Waals surface area contributed by atoms with Gasteiger partial charge >= 0.3 is 0 Å². The molecule has 1 aromatic rings. The molecular weight excluding hydrogens is 202 g/mol. The van der Waals surface area contributed by atoms with Crippen LogP contribution in [0.3, 0.4) is 0 Å². The Kier molecular flexibility index (Phi) is 3.06. The molecule has 0 aliphatic heterocycles. The van der Waals surface area contributed by atoms with E-state index in [1.807, 2.05) is 12.3 Å². The van der Waals surface area contributed by atoms with Crippen LogP contribution >= 0.6 is 15.9 Å². The third-order valence-corrected chi connectivity index (χ3v) is 2.78. The predicted octanol–water partition coefficient (Wildman–Crippen LogP) is 2.89. The number of nitrogens with zero attached hydrogens (tertiary/aromatic N) is 1. The summed E-state index contributed by atoms with van der Waals surface area (Å²) in [4.78, 5) is 4.23. The zero-order valence-corrected chi connectivity index (χ0v) is 8.43. The zero-order valence-electron chi connectivity index (χ0n) is 6.84. The Hall–Kier alpha value is -0.370. The van der Waals surface area contributed by atoms with Crippen molar-refractivity contribution < 1.29 is 0 Å². The molecule has 1 unspecified atom stereocenters. The molecule has 0 aliphatic carbocycles. The molecule has 0 amide bonds. The Morgan fingerprint density at radius 3 is 2.91 bits per heavy atom. The summed E-state index contributed by atoms with van der Waals surface area (Å²) in [5.74, 6) is 0.559. The van der Waals surface area contributed by atoms with Crippen LogP contribution in [0.15, 0.2) is 18.3 Å². The number of hydrogen-bond acceptors (Lipinski definition) is 1. The van der Waals surface area contributed by atoms with Crippen molar-refractivity contribution in [2.24, 2.45) is 0 Å². The fourth-order valence-corrected chi connectivity index (χ4v) is 1.45. The highest BCUT2D eigenvalue weighted by atomic mass is 79.9. The SMILES string of the molecule is Cc1ncccc1C(C)CBr. The Bertz CT molecular complexity index is 235. The van der Waals surface area contributed by atoms with Gasteiger partial charge in [0.15, 0.2) is 0 Å². The van der Waals surface area contributed by atoms with E-state index in [9.17, 15) is 0 Å². The van der Waals surface area contributed by atoms with Gasteiger partial charge < -0.3 is 0 Å². The van der Waals surface area contributed by atoms with E-state index in [2.05, 4.69) is 40.8 Å². The fourth-order valence-electron chi connectivity index (χ4n) is 1.10. The van der Waals surface area contributed by atoms with Gasteiger partial charge in [0, 0.05) is 17.2 Å². The number of aryl methyl sites for hydroxylation is 1. The van der Waals surface area contributed by atoms with Crippen molar-refractivity contribution in [3.05, 3.63) is 29.6 Å². The maximum Gasteiger partial charge on any atom is 0.0407 e. The van der Waals surface area contributed by atoms with Gasteiger partial charge in [-0.2, -0.15) is 0 Å². The molecule has 1 nitrogen and oxygen atoms in total. The molecule has 1 atom stereocenters. The lowest BCUT2D eigenvalue weighted by atomic mass is 10.0. The standard InChI is InChI=1S/C9H12BrN/c1-7(6-10)9-4-3-5-11-8(9)2/h3-5,7H,6H2,1-2H3. The molecule has 1 aromatic heterocycles. The maximum atomic E-state index is 4.23. The van der Waals surface area contributed by atoms with Crippen LogP contribution in [0, 0.1) is 6.92 Å². The van der Waals surface area contributed by atoms with Crippen LogP contribution in [-0.2, 0) is 0 Å². The second-order valence-corrected chi connectivity index (χ2v) is 3.38. The van der Waals surface area contributed by atoms with Gasteiger partial charge in [0.2, 0.25) is 0 Å². The van der Waals surface area contributed by atoms with E-state index in [0.29, 0.717) is 5.92 Å². The van der Waals surface area contributed by atoms with Gasteiger partial charge in [0.25, 0.3) is 0 Å². The van der Waals surface area contributed by atoms with Crippen molar-refractivity contribution in [3.8, 4) is 0 Å². The lowest BCUT2D eigenvalue weighted by Gasteiger charge is -2.09. The van der Waals surface area contributed by atoms with Gasteiger partial charge in [0.05, 0.1) is 0 Å². The smallest absolute Gasteiger partial charge is 0.0407 e. The molecular formula is C9H12BrN. The van der Waals surface area contributed by atoms with Crippen molar-refractivity contribution >= 4 is 15.9 Å². The largest absolute Gasteiger partial charge is 0.261 e. The van der Waals surface area contributed by atoms with E-state index in [1.165, 1.54) is 5.56 Å². The van der Waals surface area contributed by atoms with Crippen molar-refractivity contribution in [3.63, 3.8) is 0 Å². The molecule has 0 saturated heterocycles. The first-order valence-corrected chi connectivity index (χ1v) is 4.85. The molecule has 1 heterocycles. The molecule has 0 N–H and O–H groups in total. The highest BCUT2D eigenvalue weighted by molar-refractivity contribution is 9.09. The van der Waals surface area contributed by atoms with Crippen molar-refractivity contribution in [1.29, 1.82) is 0 Å². The van der Waals surface area contributed by atoms with E-state index < -0.39 is 0 Å². The van der Waals surface area contributed by atoms with Crippen molar-refractivity contribution in [1.82, 2.24) is 4.98 Å². The van der Waals surface area contributed by atoms with Crippen LogP contribution in [0.2, 0.25) is 0 Å². The van der Waals surface area contributed by atoms with Gasteiger partial charge in [-0.25, -0.2) is 0 Å². The zero-order chi connectivity index (χ0) is 8.27. The minimum atomic E-state index is 0.559. The third kappa shape index (κ3) is 2.03. The van der Waals surface area contributed by atoms with Gasteiger partial charge in [-0.3, -0.25) is 4.98 Å². The summed E-state index contributed by atoms with van der Waals surface area (Å²) in [6.45, 7) is 4.24. The molecule has 0 saturated carbocycles. The summed E-state index contributed by atoms with van der Waals surface area (Å²) >= 11 is 3.46. The molecule has 1 rings (SSSR count). The van der Waals surface area contributed by atoms with Crippen LogP contribution in [0.5, 0.6) is 0 Å². The molecule has 0 bridgehead atoms. The molecule has 0 fully saturated rings. The molecule has 0 aromatic carbocycles. The van der Waals surface area contributed by atoms with E-state index >= 15 is 0 Å². The van der Waals surface area contributed by atoms with E-state index in [-0.39, 0.29) is 0 Å². The van der Waals surface area contributed by atoms with E-state index in [4.69, 9.17) is 0 Å². The van der Waals surface area contributed by atoms with E-state index in [0.717, 1.165) is 11.0 Å². The molecule has 11 heavy (non-hydrogen) atoms. The topological polar surface area (TPSA) is 12.9 Å². The van der Waals surface area contributed by atoms with E-state index in [1.54, 1.807) is 0 Å². The first-order chi connectivity index (χ1) is 5.25. The summed E-state index contributed by atoms with van der Waals surface area (Å²) in [6.07, 6.45) is 1.83. The lowest BCUT2D eigenvalue weighted by molar-refractivity contribution is 0.861. The van der Waals surface area contributed by atoms with Crippen LogP contribution in [0.4, 0.5) is 0 Å². The number of alkyl halides is 1. The molecule has 0 radical (unpaired) electrons. The molecule has 2 heteroatoms. The second kappa shape index (κ2) is 3.86. The summed E-state index contributed by atoms with van der Waals surface area (Å²) in [6, 6.07) is 4.12. The van der Waals surface area contributed by atoms with Crippen LogP contribution in [0.1, 0.15) is 24.1 Å². The van der Waals surface area contributed by atoms with Crippen molar-refractivity contribution in [2.75, 3.05) is 5.33 Å². The van der Waals surface area contributed by atoms with Crippen molar-refractivity contribution in [2.45, 2.75) is 19.8 Å². The van der Waals surface area contributed by atoms with Gasteiger partial charge in [0.1, 0.15) is 0 Å². The first-order valence-electron chi connectivity index (χ1n) is 3.73. The average Bonchev–Trinajstić information content (AvgIpc) is 2.04. The fraction of sp³-hybridized carbons (Fsp3) is 0.444. The summed E-state index contributed by atoms with van der Waals surface area (Å²) < 4.78 is 0. The Morgan fingerprint density at radius 1 is 1.64 bits per heavy atom. The normalized spacial score (nSPS) is 13.0. The number of aromatic nitrogens is 1. The summed E-state index contributed by atoms with van der Waals surface area (Å²) in [7, 11) is 0. The van der Waals surface area contributed by atoms with Gasteiger partial charge in [-0.15, -0.1) is 0 Å². The summed E-state index contributed by atoms with van der Waals surface area (Å²) in [5.41, 5.74) is 2.48. The minimum absolute atomic E-state index is 0.559. The lowest BCUT2D eigenvalue weighted by Crippen LogP contribution is -1.98. The maximum absolute atomic E-state index is 4.23. The highest BCUT2D eigenvalue weighted by Gasteiger charge is 2.05. The van der Waals surface area contributed by atoms with Gasteiger partial charge in [-0.1, -0.05) is 28.9 Å². The minimum Gasteiger partial charge on any atom is -0.261 e. The van der Waals surface area contributed by atoms with Gasteiger partial charge in [-0.05, 0) is 24.5 Å². The Labute approximate surface area is 76.0 Å². The number of rotatable bonds is 2. The number of pyridine rings is 1. The number of halogens is 1. The molecule has 0 spiro atoms. The molecule has 0 aliphatic rings. The third-order valence-electron chi connectivity index (χ3n) is 1.81. The monoisotopic (exact) mass is 213 g/mol. The highest BCUT2D eigenvalue weighted by Crippen LogP contribution is 2.18. The Balaban J connectivity index is 2.93. The quantitative estimate of drug-likeness (QED) is 0.689. The average molecular weight is 214 g/mol. The van der Waals surface area contributed by atoms with Crippen LogP contribution < -0.4 is 0 Å². The molecule has 60 valence electrons. The predicted molar refractivity (Wildman–Crippen MR) is 51.2 cm³/mol. The Morgan fingerprint density at radius 2 is 2.36 bits per heavy atom. The second-order valence-electron chi connectivity index (χ2n) is 2.73. The van der Waals surface area contributed by atoms with Crippen LogP contribution in [0.25, 0.3) is 0 Å². The first kappa shape index (κ1) is 8.72.